The zero-order valence-electron chi connectivity index (χ0n) is 10.2. The van der Waals surface area contributed by atoms with E-state index in [0.29, 0.717) is 13.0 Å². The number of carbonyl (C=O) groups excluding carboxylic acids is 1. The molecule has 1 aromatic rings. The van der Waals surface area contributed by atoms with Crippen LogP contribution in [0.2, 0.25) is 0 Å². The first-order valence-electron chi connectivity index (χ1n) is 5.57. The molecule has 0 spiro atoms. The van der Waals surface area contributed by atoms with E-state index >= 15 is 0 Å². The van der Waals surface area contributed by atoms with Crippen LogP contribution in [0.4, 0.5) is 5.69 Å². The minimum absolute atomic E-state index is 0.0796. The van der Waals surface area contributed by atoms with Gasteiger partial charge in [0, 0.05) is 24.2 Å². The molecule has 3 nitrogen and oxygen atoms in total. The molecule has 1 rings (SSSR count). The zero-order valence-corrected chi connectivity index (χ0v) is 10.2. The van der Waals surface area contributed by atoms with E-state index in [1.54, 1.807) is 0 Å². The van der Waals surface area contributed by atoms with Crippen LogP contribution in [0.15, 0.2) is 30.3 Å². The molecule has 0 saturated carbocycles. The number of anilines is 1. The molecule has 88 valence electrons. The van der Waals surface area contributed by atoms with Crippen LogP contribution in [0, 0.1) is 0 Å². The van der Waals surface area contributed by atoms with Crippen LogP contribution in [0.25, 0.3) is 0 Å². The molecular weight excluding hydrogens is 200 g/mol. The van der Waals surface area contributed by atoms with Gasteiger partial charge in [-0.25, -0.2) is 0 Å². The van der Waals surface area contributed by atoms with Crippen molar-refractivity contribution in [1.82, 2.24) is 5.32 Å². The highest BCUT2D eigenvalue weighted by molar-refractivity contribution is 5.77. The Morgan fingerprint density at radius 3 is 2.38 bits per heavy atom. The summed E-state index contributed by atoms with van der Waals surface area (Å²) in [6, 6.07) is 9.88. The second-order valence-electron chi connectivity index (χ2n) is 4.84. The fraction of sp³-hybridized carbons (Fsp3) is 0.462. The molecule has 3 heteroatoms. The molecule has 0 bridgehead atoms. The van der Waals surface area contributed by atoms with E-state index in [-0.39, 0.29) is 11.4 Å². The lowest BCUT2D eigenvalue weighted by Crippen LogP contribution is -2.41. The van der Waals surface area contributed by atoms with Gasteiger partial charge < -0.3 is 10.6 Å². The topological polar surface area (TPSA) is 41.1 Å². The Hall–Kier alpha value is -1.51. The minimum atomic E-state index is -0.149. The molecule has 1 amide bonds. The van der Waals surface area contributed by atoms with Crippen LogP contribution in [0.3, 0.4) is 0 Å². The summed E-state index contributed by atoms with van der Waals surface area (Å²) in [4.78, 5) is 11.5. The van der Waals surface area contributed by atoms with E-state index in [9.17, 15) is 4.79 Å². The molecule has 0 radical (unpaired) electrons. The van der Waals surface area contributed by atoms with Gasteiger partial charge in [-0.05, 0) is 32.9 Å². The van der Waals surface area contributed by atoms with E-state index in [2.05, 4.69) is 10.6 Å². The number of carbonyl (C=O) groups is 1. The third kappa shape index (κ3) is 5.39. The Balaban J connectivity index is 2.24. The molecule has 0 atom stereocenters. The van der Waals surface area contributed by atoms with Crippen molar-refractivity contribution in [2.45, 2.75) is 32.7 Å². The van der Waals surface area contributed by atoms with E-state index < -0.39 is 0 Å². The molecule has 1 aromatic carbocycles. The fourth-order valence-corrected chi connectivity index (χ4v) is 1.36. The summed E-state index contributed by atoms with van der Waals surface area (Å²) < 4.78 is 0. The van der Waals surface area contributed by atoms with Crippen molar-refractivity contribution in [3.63, 3.8) is 0 Å². The van der Waals surface area contributed by atoms with Crippen molar-refractivity contribution >= 4 is 11.6 Å². The lowest BCUT2D eigenvalue weighted by molar-refractivity contribution is -0.122. The third-order valence-corrected chi connectivity index (χ3v) is 1.97. The Morgan fingerprint density at radius 1 is 1.19 bits per heavy atom. The van der Waals surface area contributed by atoms with Crippen molar-refractivity contribution < 1.29 is 4.79 Å². The van der Waals surface area contributed by atoms with Gasteiger partial charge in [-0.3, -0.25) is 4.79 Å². The predicted octanol–water partition coefficient (Wildman–Crippen LogP) is 2.40. The van der Waals surface area contributed by atoms with Gasteiger partial charge in [0.05, 0.1) is 0 Å². The first kappa shape index (κ1) is 12.6. The summed E-state index contributed by atoms with van der Waals surface area (Å²) in [6.07, 6.45) is 0.492. The normalized spacial score (nSPS) is 10.9. The molecule has 0 unspecified atom stereocenters. The van der Waals surface area contributed by atoms with Gasteiger partial charge in [0.2, 0.25) is 5.91 Å². The van der Waals surface area contributed by atoms with Gasteiger partial charge >= 0.3 is 0 Å². The average molecular weight is 220 g/mol. The SMILES string of the molecule is CC(C)(C)NC(=O)CCNc1ccccc1. The summed E-state index contributed by atoms with van der Waals surface area (Å²) >= 11 is 0. The average Bonchev–Trinajstić information content (AvgIpc) is 2.16. The molecule has 0 fully saturated rings. The molecular formula is C13H20N2O. The van der Waals surface area contributed by atoms with Crippen LogP contribution >= 0.6 is 0 Å². The van der Waals surface area contributed by atoms with Crippen molar-refractivity contribution in [2.75, 3.05) is 11.9 Å². The van der Waals surface area contributed by atoms with E-state index in [4.69, 9.17) is 0 Å². The number of amides is 1. The smallest absolute Gasteiger partial charge is 0.222 e. The maximum Gasteiger partial charge on any atom is 0.222 e. The van der Waals surface area contributed by atoms with Gasteiger partial charge in [0.1, 0.15) is 0 Å². The number of nitrogens with one attached hydrogen (secondary N) is 2. The summed E-state index contributed by atoms with van der Waals surface area (Å²) in [7, 11) is 0. The monoisotopic (exact) mass is 220 g/mol. The minimum Gasteiger partial charge on any atom is -0.385 e. The van der Waals surface area contributed by atoms with Crippen molar-refractivity contribution in [3.8, 4) is 0 Å². The standard InChI is InChI=1S/C13H20N2O/c1-13(2,3)15-12(16)9-10-14-11-7-5-4-6-8-11/h4-8,14H,9-10H2,1-3H3,(H,15,16). The number of benzene rings is 1. The highest BCUT2D eigenvalue weighted by atomic mass is 16.1. The lowest BCUT2D eigenvalue weighted by Gasteiger charge is -2.20. The second-order valence-corrected chi connectivity index (χ2v) is 4.84. The van der Waals surface area contributed by atoms with Gasteiger partial charge in [-0.2, -0.15) is 0 Å². The molecule has 0 saturated heterocycles. The lowest BCUT2D eigenvalue weighted by atomic mass is 10.1. The summed E-state index contributed by atoms with van der Waals surface area (Å²) in [6.45, 7) is 6.60. The molecule has 0 aliphatic carbocycles. The largest absolute Gasteiger partial charge is 0.385 e. The molecule has 0 heterocycles. The maximum absolute atomic E-state index is 11.5. The van der Waals surface area contributed by atoms with Gasteiger partial charge in [0.15, 0.2) is 0 Å². The van der Waals surface area contributed by atoms with Crippen LogP contribution in [0.5, 0.6) is 0 Å². The third-order valence-electron chi connectivity index (χ3n) is 1.97. The highest BCUT2D eigenvalue weighted by Gasteiger charge is 2.12. The quantitative estimate of drug-likeness (QED) is 0.818. The van der Waals surface area contributed by atoms with E-state index in [1.165, 1.54) is 0 Å². The van der Waals surface area contributed by atoms with Gasteiger partial charge in [0.25, 0.3) is 0 Å². The van der Waals surface area contributed by atoms with E-state index in [1.807, 2.05) is 51.1 Å². The van der Waals surface area contributed by atoms with Crippen LogP contribution in [0.1, 0.15) is 27.2 Å². The second kappa shape index (κ2) is 5.54. The number of rotatable bonds is 4. The maximum atomic E-state index is 11.5. The van der Waals surface area contributed by atoms with Crippen molar-refractivity contribution in [3.05, 3.63) is 30.3 Å². The number of hydrogen-bond acceptors (Lipinski definition) is 2. The zero-order chi connectivity index (χ0) is 12.0. The fourth-order valence-electron chi connectivity index (χ4n) is 1.36. The molecule has 16 heavy (non-hydrogen) atoms. The van der Waals surface area contributed by atoms with Crippen molar-refractivity contribution in [2.24, 2.45) is 0 Å². The molecule has 0 aromatic heterocycles. The molecule has 0 aliphatic rings. The molecule has 0 aliphatic heterocycles. The van der Waals surface area contributed by atoms with Crippen molar-refractivity contribution in [1.29, 1.82) is 0 Å². The number of para-hydroxylation sites is 1. The number of hydrogen-bond donors (Lipinski definition) is 2. The summed E-state index contributed by atoms with van der Waals surface area (Å²) in [5.41, 5.74) is 0.898. The predicted molar refractivity (Wildman–Crippen MR) is 67.4 cm³/mol. The first-order valence-corrected chi connectivity index (χ1v) is 5.57. The Morgan fingerprint density at radius 2 is 1.81 bits per heavy atom. The van der Waals surface area contributed by atoms with Crippen LogP contribution < -0.4 is 10.6 Å². The van der Waals surface area contributed by atoms with E-state index in [0.717, 1.165) is 5.69 Å². The van der Waals surface area contributed by atoms with Crippen LogP contribution in [-0.2, 0) is 4.79 Å². The Bertz CT molecular complexity index is 328. The first-order chi connectivity index (χ1) is 7.47. The summed E-state index contributed by atoms with van der Waals surface area (Å²) in [5.74, 6) is 0.0796. The Labute approximate surface area is 97.2 Å². The van der Waals surface area contributed by atoms with Gasteiger partial charge in [-0.15, -0.1) is 0 Å². The summed E-state index contributed by atoms with van der Waals surface area (Å²) in [5, 5.41) is 6.13. The van der Waals surface area contributed by atoms with Gasteiger partial charge in [-0.1, -0.05) is 18.2 Å². The molecule has 2 N–H and O–H groups in total. The highest BCUT2D eigenvalue weighted by Crippen LogP contribution is 2.05. The Kier molecular flexibility index (Phi) is 4.35. The van der Waals surface area contributed by atoms with Crippen LogP contribution in [-0.4, -0.2) is 18.0 Å².